The number of ether oxygens (including phenoxy) is 1. The highest BCUT2D eigenvalue weighted by Gasteiger charge is 2.39. The Balaban J connectivity index is 1.63. The second kappa shape index (κ2) is 6.30. The molecular weight excluding hydrogens is 302 g/mol. The summed E-state index contributed by atoms with van der Waals surface area (Å²) in [7, 11) is 1.51. The van der Waals surface area contributed by atoms with Crippen molar-refractivity contribution >= 4 is 5.95 Å². The van der Waals surface area contributed by atoms with Gasteiger partial charge in [0, 0.05) is 6.04 Å². The van der Waals surface area contributed by atoms with Gasteiger partial charge < -0.3 is 14.6 Å². The van der Waals surface area contributed by atoms with Crippen LogP contribution in [0, 0.1) is 11.8 Å². The third kappa shape index (κ3) is 2.90. The lowest BCUT2D eigenvalue weighted by molar-refractivity contribution is 0.400. The van der Waals surface area contributed by atoms with Gasteiger partial charge in [-0.2, -0.15) is 4.98 Å². The summed E-state index contributed by atoms with van der Waals surface area (Å²) in [5.74, 6) is 2.51. The molecule has 1 aromatic heterocycles. The molecule has 1 aromatic carbocycles. The molecule has 1 unspecified atom stereocenters. The second-order valence-electron chi connectivity index (χ2n) is 6.98. The van der Waals surface area contributed by atoms with E-state index in [1.807, 2.05) is 22.8 Å². The summed E-state index contributed by atoms with van der Waals surface area (Å²) in [5.41, 5.74) is 0.855. The Hall–Kier alpha value is -2.30. The fraction of sp³-hybridized carbons (Fsp3) is 0.474. The van der Waals surface area contributed by atoms with Gasteiger partial charge in [-0.3, -0.25) is 4.79 Å². The maximum Gasteiger partial charge on any atom is 0.316 e. The average Bonchev–Trinajstić information content (AvgIpc) is 3.21. The first kappa shape index (κ1) is 15.2. The minimum Gasteiger partial charge on any atom is -0.490 e. The third-order valence-corrected chi connectivity index (χ3v) is 5.43. The third-order valence-electron chi connectivity index (χ3n) is 5.43. The standard InChI is InChI=1S/C19H23N3O2/c1-24-17-12-22(11-13-5-3-2-4-6-13)19(21-18(17)23)20-16-10-14-7-8-15(16)9-14/h2-6,12,14-16H,7-11H2,1H3,(H,20,21,23)/t14-,15+,16?/m1/s1. The van der Waals surface area contributed by atoms with E-state index in [0.717, 1.165) is 11.8 Å². The molecule has 24 heavy (non-hydrogen) atoms. The molecule has 3 atom stereocenters. The van der Waals surface area contributed by atoms with Crippen molar-refractivity contribution in [2.75, 3.05) is 12.4 Å². The van der Waals surface area contributed by atoms with Crippen molar-refractivity contribution in [3.8, 4) is 5.75 Å². The highest BCUT2D eigenvalue weighted by Crippen LogP contribution is 2.45. The number of nitrogens with zero attached hydrogens (tertiary/aromatic N) is 2. The quantitative estimate of drug-likeness (QED) is 0.918. The van der Waals surface area contributed by atoms with Crippen LogP contribution in [-0.2, 0) is 6.54 Å². The minimum atomic E-state index is -0.313. The Morgan fingerprint density at radius 1 is 1.25 bits per heavy atom. The Kier molecular flexibility index (Phi) is 4.00. The average molecular weight is 325 g/mol. The lowest BCUT2D eigenvalue weighted by atomic mass is 9.95. The maximum atomic E-state index is 12.1. The van der Waals surface area contributed by atoms with Crippen LogP contribution >= 0.6 is 0 Å². The number of anilines is 1. The number of hydrogen-bond acceptors (Lipinski definition) is 4. The fourth-order valence-electron chi connectivity index (χ4n) is 4.22. The molecule has 4 rings (SSSR count). The van der Waals surface area contributed by atoms with Gasteiger partial charge in [-0.1, -0.05) is 36.8 Å². The van der Waals surface area contributed by atoms with Crippen LogP contribution < -0.4 is 15.6 Å². The normalized spacial score (nSPS) is 25.0. The van der Waals surface area contributed by atoms with Gasteiger partial charge in [0.15, 0.2) is 0 Å². The summed E-state index contributed by atoms with van der Waals surface area (Å²) in [6, 6.07) is 10.6. The van der Waals surface area contributed by atoms with Crippen LogP contribution in [0.15, 0.2) is 41.3 Å². The van der Waals surface area contributed by atoms with Gasteiger partial charge in [-0.25, -0.2) is 0 Å². The van der Waals surface area contributed by atoms with Gasteiger partial charge in [0.25, 0.3) is 0 Å². The zero-order valence-corrected chi connectivity index (χ0v) is 13.9. The molecule has 0 radical (unpaired) electrons. The van der Waals surface area contributed by atoms with Gasteiger partial charge in [-0.15, -0.1) is 0 Å². The van der Waals surface area contributed by atoms with E-state index < -0.39 is 0 Å². The Morgan fingerprint density at radius 2 is 2.08 bits per heavy atom. The van der Waals surface area contributed by atoms with Crippen LogP contribution in [0.3, 0.4) is 0 Å². The van der Waals surface area contributed by atoms with E-state index in [4.69, 9.17) is 4.74 Å². The summed E-state index contributed by atoms with van der Waals surface area (Å²) in [6.45, 7) is 0.660. The van der Waals surface area contributed by atoms with Gasteiger partial charge in [0.2, 0.25) is 11.7 Å². The van der Waals surface area contributed by atoms with Crippen LogP contribution in [0.1, 0.15) is 31.2 Å². The molecule has 2 saturated carbocycles. The highest BCUT2D eigenvalue weighted by molar-refractivity contribution is 5.33. The number of hydrogen-bond donors (Lipinski definition) is 1. The minimum absolute atomic E-state index is 0.282. The van der Waals surface area contributed by atoms with Crippen LogP contribution in [0.25, 0.3) is 0 Å². The van der Waals surface area contributed by atoms with Gasteiger partial charge in [-0.05, 0) is 36.7 Å². The first-order valence-corrected chi connectivity index (χ1v) is 8.69. The highest BCUT2D eigenvalue weighted by atomic mass is 16.5. The zero-order valence-electron chi connectivity index (χ0n) is 13.9. The lowest BCUT2D eigenvalue weighted by Gasteiger charge is -2.25. The summed E-state index contributed by atoms with van der Waals surface area (Å²) < 4.78 is 7.16. The molecule has 1 N–H and O–H groups in total. The molecule has 0 saturated heterocycles. The smallest absolute Gasteiger partial charge is 0.316 e. The molecule has 0 aliphatic heterocycles. The van der Waals surface area contributed by atoms with E-state index in [0.29, 0.717) is 18.5 Å². The van der Waals surface area contributed by atoms with Crippen LogP contribution in [0.5, 0.6) is 5.75 Å². The van der Waals surface area contributed by atoms with Crippen LogP contribution in [0.4, 0.5) is 5.95 Å². The molecule has 1 heterocycles. The van der Waals surface area contributed by atoms with E-state index in [1.165, 1.54) is 38.4 Å². The van der Waals surface area contributed by atoms with E-state index in [2.05, 4.69) is 22.4 Å². The van der Waals surface area contributed by atoms with E-state index in [1.54, 1.807) is 6.20 Å². The Labute approximate surface area is 141 Å². The first-order valence-electron chi connectivity index (χ1n) is 8.69. The van der Waals surface area contributed by atoms with Crippen LogP contribution in [0.2, 0.25) is 0 Å². The maximum absolute atomic E-state index is 12.1. The lowest BCUT2D eigenvalue weighted by Crippen LogP contribution is -2.30. The fourth-order valence-corrected chi connectivity index (χ4v) is 4.22. The summed E-state index contributed by atoms with van der Waals surface area (Å²) in [4.78, 5) is 16.4. The summed E-state index contributed by atoms with van der Waals surface area (Å²) in [5, 5.41) is 3.55. The van der Waals surface area contributed by atoms with Gasteiger partial charge >= 0.3 is 5.56 Å². The topological polar surface area (TPSA) is 56.1 Å². The van der Waals surface area contributed by atoms with E-state index in [9.17, 15) is 4.79 Å². The van der Waals surface area contributed by atoms with Gasteiger partial charge in [0.1, 0.15) is 0 Å². The van der Waals surface area contributed by atoms with Crippen molar-refractivity contribution in [2.24, 2.45) is 11.8 Å². The van der Waals surface area contributed by atoms with Crippen molar-refractivity contribution in [3.63, 3.8) is 0 Å². The molecule has 2 fully saturated rings. The Bertz CT molecular complexity index is 772. The van der Waals surface area contributed by atoms with E-state index in [-0.39, 0.29) is 11.3 Å². The SMILES string of the molecule is COc1cn(Cc2ccccc2)c(NC2C[C@@H]3CC[C@H]2C3)nc1=O. The Morgan fingerprint density at radius 3 is 2.75 bits per heavy atom. The molecule has 5 nitrogen and oxygen atoms in total. The van der Waals surface area contributed by atoms with E-state index >= 15 is 0 Å². The molecule has 2 aliphatic carbocycles. The number of rotatable bonds is 5. The zero-order chi connectivity index (χ0) is 16.5. The van der Waals surface area contributed by atoms with Crippen molar-refractivity contribution in [3.05, 3.63) is 52.4 Å². The molecule has 126 valence electrons. The van der Waals surface area contributed by atoms with Crippen LogP contribution in [-0.4, -0.2) is 22.7 Å². The number of benzene rings is 1. The van der Waals surface area contributed by atoms with Crippen molar-refractivity contribution in [2.45, 2.75) is 38.3 Å². The molecule has 5 heteroatoms. The number of methoxy groups -OCH3 is 1. The molecule has 2 bridgehead atoms. The molecular formula is C19H23N3O2. The molecule has 2 aliphatic rings. The molecule has 0 amide bonds. The first-order chi connectivity index (χ1) is 11.7. The predicted octanol–water partition coefficient (Wildman–Crippen LogP) is 2.90. The predicted molar refractivity (Wildman–Crippen MR) is 93.5 cm³/mol. The summed E-state index contributed by atoms with van der Waals surface area (Å²) in [6.07, 6.45) is 6.92. The second-order valence-corrected chi connectivity index (χ2v) is 6.98. The van der Waals surface area contributed by atoms with Crippen molar-refractivity contribution < 1.29 is 4.74 Å². The summed E-state index contributed by atoms with van der Waals surface area (Å²) >= 11 is 0. The van der Waals surface area contributed by atoms with Crippen molar-refractivity contribution in [1.82, 2.24) is 9.55 Å². The number of fused-ring (bicyclic) bond motifs is 2. The largest absolute Gasteiger partial charge is 0.490 e. The monoisotopic (exact) mass is 325 g/mol. The van der Waals surface area contributed by atoms with Crippen molar-refractivity contribution in [1.29, 1.82) is 0 Å². The van der Waals surface area contributed by atoms with Gasteiger partial charge in [0.05, 0.1) is 19.9 Å². The molecule has 0 spiro atoms. The number of aromatic nitrogens is 2. The molecule has 2 aromatic rings. The number of nitrogens with one attached hydrogen (secondary N) is 1.